The number of carbonyl (C=O) groups is 1. The number of carbonyl (C=O) groups excluding carboxylic acids is 1. The number of benzene rings is 1. The Morgan fingerprint density at radius 1 is 1.41 bits per heavy atom. The molecule has 0 aliphatic carbocycles. The van der Waals surface area contributed by atoms with Gasteiger partial charge in [0.15, 0.2) is 0 Å². The molecule has 1 rings (SSSR count). The molecule has 92 valence electrons. The molecule has 0 fully saturated rings. The summed E-state index contributed by atoms with van der Waals surface area (Å²) in [6, 6.07) is 8.01. The minimum absolute atomic E-state index is 0.151. The molecule has 0 aromatic heterocycles. The molecule has 1 aromatic rings. The van der Waals surface area contributed by atoms with E-state index in [9.17, 15) is 4.79 Å². The van der Waals surface area contributed by atoms with Crippen molar-refractivity contribution in [2.45, 2.75) is 39.2 Å². The SMILES string of the molecule is C=Cc1cccc(CCC(=O)OC(C)(C)C)c1. The van der Waals surface area contributed by atoms with E-state index in [2.05, 4.69) is 6.58 Å². The smallest absolute Gasteiger partial charge is 0.306 e. The summed E-state index contributed by atoms with van der Waals surface area (Å²) >= 11 is 0. The first-order chi connectivity index (χ1) is 7.90. The van der Waals surface area contributed by atoms with Crippen molar-refractivity contribution in [2.75, 3.05) is 0 Å². The van der Waals surface area contributed by atoms with Gasteiger partial charge in [-0.15, -0.1) is 0 Å². The third-order valence-corrected chi connectivity index (χ3v) is 2.22. The average Bonchev–Trinajstić information content (AvgIpc) is 2.24. The summed E-state index contributed by atoms with van der Waals surface area (Å²) in [5, 5.41) is 0. The van der Waals surface area contributed by atoms with Gasteiger partial charge in [-0.2, -0.15) is 0 Å². The molecule has 0 unspecified atom stereocenters. The number of hydrogen-bond donors (Lipinski definition) is 0. The molecule has 0 heterocycles. The van der Waals surface area contributed by atoms with Crippen LogP contribution in [0, 0.1) is 0 Å². The lowest BCUT2D eigenvalue weighted by atomic mass is 10.1. The third kappa shape index (κ3) is 5.34. The molecule has 0 saturated heterocycles. The molecule has 0 aliphatic heterocycles. The molecule has 0 amide bonds. The summed E-state index contributed by atoms with van der Waals surface area (Å²) in [6.45, 7) is 9.36. The summed E-state index contributed by atoms with van der Waals surface area (Å²) in [5.41, 5.74) is 1.81. The highest BCUT2D eigenvalue weighted by Gasteiger charge is 2.15. The number of aryl methyl sites for hydroxylation is 1. The number of hydrogen-bond acceptors (Lipinski definition) is 2. The summed E-state index contributed by atoms with van der Waals surface area (Å²) in [5.74, 6) is -0.151. The number of rotatable bonds is 4. The van der Waals surface area contributed by atoms with Crippen molar-refractivity contribution in [3.05, 3.63) is 42.0 Å². The van der Waals surface area contributed by atoms with Gasteiger partial charge < -0.3 is 4.74 Å². The first-order valence-corrected chi connectivity index (χ1v) is 5.84. The highest BCUT2D eigenvalue weighted by Crippen LogP contribution is 2.12. The predicted octanol–water partition coefficient (Wildman–Crippen LogP) is 3.60. The van der Waals surface area contributed by atoms with Gasteiger partial charge in [-0.1, -0.05) is 36.9 Å². The van der Waals surface area contributed by atoms with E-state index in [1.54, 1.807) is 6.08 Å². The van der Waals surface area contributed by atoms with Crippen LogP contribution in [0.15, 0.2) is 30.8 Å². The first kappa shape index (κ1) is 13.5. The maximum absolute atomic E-state index is 11.5. The van der Waals surface area contributed by atoms with Crippen LogP contribution in [-0.4, -0.2) is 11.6 Å². The summed E-state index contributed by atoms with van der Waals surface area (Å²) in [7, 11) is 0. The Bertz CT molecular complexity index is 400. The van der Waals surface area contributed by atoms with Crippen LogP contribution in [0.25, 0.3) is 6.08 Å². The Morgan fingerprint density at radius 3 is 2.71 bits per heavy atom. The Balaban J connectivity index is 2.50. The topological polar surface area (TPSA) is 26.3 Å². The molecule has 0 radical (unpaired) electrons. The normalized spacial score (nSPS) is 11.0. The molecule has 0 N–H and O–H groups in total. The van der Waals surface area contributed by atoms with E-state index in [0.717, 1.165) is 11.1 Å². The van der Waals surface area contributed by atoms with Crippen molar-refractivity contribution >= 4 is 12.0 Å². The third-order valence-electron chi connectivity index (χ3n) is 2.22. The van der Waals surface area contributed by atoms with E-state index in [4.69, 9.17) is 4.74 Å². The second-order valence-corrected chi connectivity index (χ2v) is 5.04. The van der Waals surface area contributed by atoms with Crippen LogP contribution in [0.2, 0.25) is 0 Å². The standard InChI is InChI=1S/C15H20O2/c1-5-12-7-6-8-13(11-12)9-10-14(16)17-15(2,3)4/h5-8,11H,1,9-10H2,2-4H3. The van der Waals surface area contributed by atoms with Crippen LogP contribution < -0.4 is 0 Å². The predicted molar refractivity (Wildman–Crippen MR) is 70.7 cm³/mol. The van der Waals surface area contributed by atoms with Gasteiger partial charge in [-0.05, 0) is 38.3 Å². The highest BCUT2D eigenvalue weighted by atomic mass is 16.6. The second kappa shape index (κ2) is 5.67. The average molecular weight is 232 g/mol. The quantitative estimate of drug-likeness (QED) is 0.741. The van der Waals surface area contributed by atoms with Gasteiger partial charge >= 0.3 is 5.97 Å². The van der Waals surface area contributed by atoms with E-state index in [-0.39, 0.29) is 5.97 Å². The lowest BCUT2D eigenvalue weighted by Crippen LogP contribution is -2.24. The molecular formula is C15H20O2. The van der Waals surface area contributed by atoms with Gasteiger partial charge in [0.1, 0.15) is 5.60 Å². The van der Waals surface area contributed by atoms with Crippen molar-refractivity contribution in [3.63, 3.8) is 0 Å². The van der Waals surface area contributed by atoms with Crippen molar-refractivity contribution < 1.29 is 9.53 Å². The molecule has 2 heteroatoms. The van der Waals surface area contributed by atoms with Gasteiger partial charge in [0, 0.05) is 6.42 Å². The van der Waals surface area contributed by atoms with Crippen LogP contribution in [0.1, 0.15) is 38.3 Å². The van der Waals surface area contributed by atoms with Gasteiger partial charge in [-0.3, -0.25) is 4.79 Å². The summed E-state index contributed by atoms with van der Waals surface area (Å²) in [6.07, 6.45) is 2.92. The largest absolute Gasteiger partial charge is 0.460 e. The van der Waals surface area contributed by atoms with Crippen LogP contribution in [-0.2, 0) is 16.0 Å². The zero-order chi connectivity index (χ0) is 12.9. The lowest BCUT2D eigenvalue weighted by Gasteiger charge is -2.19. The Morgan fingerprint density at radius 2 is 2.12 bits per heavy atom. The van der Waals surface area contributed by atoms with E-state index >= 15 is 0 Å². The Hall–Kier alpha value is -1.57. The van der Waals surface area contributed by atoms with Crippen molar-refractivity contribution in [2.24, 2.45) is 0 Å². The van der Waals surface area contributed by atoms with Crippen molar-refractivity contribution in [3.8, 4) is 0 Å². The molecule has 0 saturated carbocycles. The maximum Gasteiger partial charge on any atom is 0.306 e. The number of esters is 1. The molecular weight excluding hydrogens is 212 g/mol. The Kier molecular flexibility index (Phi) is 4.50. The fourth-order valence-corrected chi connectivity index (χ4v) is 1.51. The van der Waals surface area contributed by atoms with Crippen LogP contribution in [0.4, 0.5) is 0 Å². The monoisotopic (exact) mass is 232 g/mol. The zero-order valence-corrected chi connectivity index (χ0v) is 10.8. The van der Waals surface area contributed by atoms with Crippen LogP contribution >= 0.6 is 0 Å². The summed E-state index contributed by atoms with van der Waals surface area (Å²) < 4.78 is 5.26. The van der Waals surface area contributed by atoms with Crippen LogP contribution in [0.5, 0.6) is 0 Å². The fraction of sp³-hybridized carbons (Fsp3) is 0.400. The van der Waals surface area contributed by atoms with E-state index in [0.29, 0.717) is 12.8 Å². The minimum Gasteiger partial charge on any atom is -0.460 e. The zero-order valence-electron chi connectivity index (χ0n) is 10.8. The molecule has 0 atom stereocenters. The Labute approximate surface area is 103 Å². The molecule has 1 aromatic carbocycles. The highest BCUT2D eigenvalue weighted by molar-refractivity contribution is 5.70. The number of ether oxygens (including phenoxy) is 1. The van der Waals surface area contributed by atoms with Crippen molar-refractivity contribution in [1.82, 2.24) is 0 Å². The molecule has 17 heavy (non-hydrogen) atoms. The molecule has 0 spiro atoms. The van der Waals surface area contributed by atoms with E-state index in [1.807, 2.05) is 45.0 Å². The van der Waals surface area contributed by atoms with Crippen LogP contribution in [0.3, 0.4) is 0 Å². The van der Waals surface area contributed by atoms with E-state index < -0.39 is 5.60 Å². The fourth-order valence-electron chi connectivity index (χ4n) is 1.51. The van der Waals surface area contributed by atoms with Gasteiger partial charge in [0.25, 0.3) is 0 Å². The van der Waals surface area contributed by atoms with Gasteiger partial charge in [0.2, 0.25) is 0 Å². The van der Waals surface area contributed by atoms with Gasteiger partial charge in [0.05, 0.1) is 0 Å². The first-order valence-electron chi connectivity index (χ1n) is 5.84. The molecule has 0 aliphatic rings. The van der Waals surface area contributed by atoms with Gasteiger partial charge in [-0.25, -0.2) is 0 Å². The minimum atomic E-state index is -0.403. The summed E-state index contributed by atoms with van der Waals surface area (Å²) in [4.78, 5) is 11.5. The maximum atomic E-state index is 11.5. The molecule has 2 nitrogen and oxygen atoms in total. The van der Waals surface area contributed by atoms with E-state index in [1.165, 1.54) is 0 Å². The molecule has 0 bridgehead atoms. The lowest BCUT2D eigenvalue weighted by molar-refractivity contribution is -0.154. The second-order valence-electron chi connectivity index (χ2n) is 5.04. The van der Waals surface area contributed by atoms with Crippen molar-refractivity contribution in [1.29, 1.82) is 0 Å².